The number of aromatic nitrogens is 1. The first-order valence-corrected chi connectivity index (χ1v) is 3.60. The molecule has 0 saturated carbocycles. The van der Waals surface area contributed by atoms with Crippen molar-refractivity contribution in [2.75, 3.05) is 6.54 Å². The zero-order chi connectivity index (χ0) is 6.81. The molecule has 0 spiro atoms. The molecule has 1 aromatic heterocycles. The van der Waals surface area contributed by atoms with E-state index in [2.05, 4.69) is 22.4 Å². The Labute approximate surface area is 60.3 Å². The highest BCUT2D eigenvalue weighted by Gasteiger charge is 2.17. The van der Waals surface area contributed by atoms with Gasteiger partial charge in [0.05, 0.1) is 0 Å². The molecule has 2 rings (SSSR count). The fraction of sp³-hybridized carbons (Fsp3) is 0.375. The van der Waals surface area contributed by atoms with Crippen LogP contribution in [0.15, 0.2) is 24.5 Å². The summed E-state index contributed by atoms with van der Waals surface area (Å²) in [5.41, 5.74) is 1.36. The molecule has 1 atom stereocenters. The molecule has 1 aromatic rings. The molecule has 1 aliphatic heterocycles. The molecule has 2 nitrogen and oxygen atoms in total. The summed E-state index contributed by atoms with van der Waals surface area (Å²) in [4.78, 5) is 3.96. The Bertz CT molecular complexity index is 204. The van der Waals surface area contributed by atoms with Gasteiger partial charge in [0.25, 0.3) is 0 Å². The number of nitrogens with zero attached hydrogens (tertiary/aromatic N) is 1. The Morgan fingerprint density at radius 3 is 2.60 bits per heavy atom. The van der Waals surface area contributed by atoms with Gasteiger partial charge in [-0.25, -0.2) is 0 Å². The van der Waals surface area contributed by atoms with Crippen LogP contribution in [0, 0.1) is 0 Å². The highest BCUT2D eigenvalue weighted by molar-refractivity contribution is 5.16. The van der Waals surface area contributed by atoms with Crippen LogP contribution in [-0.2, 0) is 0 Å². The maximum atomic E-state index is 3.96. The quantitative estimate of drug-likeness (QED) is 0.622. The molecule has 0 amide bonds. The monoisotopic (exact) mass is 134 g/mol. The average Bonchev–Trinajstić information content (AvgIpc) is 1.86. The van der Waals surface area contributed by atoms with Gasteiger partial charge < -0.3 is 5.32 Å². The number of hydrogen-bond acceptors (Lipinski definition) is 2. The molecule has 0 radical (unpaired) electrons. The molecular formula is C8H10N2. The molecule has 0 aliphatic carbocycles. The molecule has 2 heterocycles. The van der Waals surface area contributed by atoms with Gasteiger partial charge in [-0.1, -0.05) is 0 Å². The van der Waals surface area contributed by atoms with Gasteiger partial charge >= 0.3 is 0 Å². The van der Waals surface area contributed by atoms with Crippen LogP contribution in [0.2, 0.25) is 0 Å². The van der Waals surface area contributed by atoms with E-state index in [0.717, 1.165) is 6.54 Å². The van der Waals surface area contributed by atoms with Crippen LogP contribution in [0.25, 0.3) is 0 Å². The van der Waals surface area contributed by atoms with Gasteiger partial charge in [-0.3, -0.25) is 4.98 Å². The fourth-order valence-electron chi connectivity index (χ4n) is 1.17. The molecule has 1 N–H and O–H groups in total. The zero-order valence-corrected chi connectivity index (χ0v) is 5.75. The Morgan fingerprint density at radius 2 is 2.10 bits per heavy atom. The Kier molecular flexibility index (Phi) is 1.40. The lowest BCUT2D eigenvalue weighted by Gasteiger charge is -2.27. The van der Waals surface area contributed by atoms with Crippen LogP contribution >= 0.6 is 0 Å². The van der Waals surface area contributed by atoms with Crippen LogP contribution < -0.4 is 5.32 Å². The second-order valence-corrected chi connectivity index (χ2v) is 2.58. The van der Waals surface area contributed by atoms with E-state index in [1.54, 1.807) is 0 Å². The summed E-state index contributed by atoms with van der Waals surface area (Å²) in [6.07, 6.45) is 4.95. The van der Waals surface area contributed by atoms with E-state index in [4.69, 9.17) is 0 Å². The fourth-order valence-corrected chi connectivity index (χ4v) is 1.17. The second kappa shape index (κ2) is 2.39. The van der Waals surface area contributed by atoms with E-state index >= 15 is 0 Å². The van der Waals surface area contributed by atoms with Crippen LogP contribution in [0.4, 0.5) is 0 Å². The van der Waals surface area contributed by atoms with Crippen molar-refractivity contribution < 1.29 is 0 Å². The minimum Gasteiger partial charge on any atom is -0.310 e. The van der Waals surface area contributed by atoms with Crippen molar-refractivity contribution in [1.29, 1.82) is 0 Å². The van der Waals surface area contributed by atoms with Crippen molar-refractivity contribution in [2.24, 2.45) is 0 Å². The third kappa shape index (κ3) is 0.907. The lowest BCUT2D eigenvalue weighted by Crippen LogP contribution is -2.34. The van der Waals surface area contributed by atoms with Crippen molar-refractivity contribution in [3.05, 3.63) is 30.1 Å². The number of nitrogens with one attached hydrogen (secondary N) is 1. The first-order valence-electron chi connectivity index (χ1n) is 3.60. The van der Waals surface area contributed by atoms with Gasteiger partial charge in [-0.05, 0) is 30.7 Å². The molecule has 1 fully saturated rings. The first-order chi connectivity index (χ1) is 4.97. The number of hydrogen-bond donors (Lipinski definition) is 1. The Hall–Kier alpha value is -0.890. The molecule has 0 aromatic carbocycles. The number of rotatable bonds is 1. The van der Waals surface area contributed by atoms with Crippen LogP contribution in [0.5, 0.6) is 0 Å². The maximum absolute atomic E-state index is 3.96. The predicted octanol–water partition coefficient (Wildman–Crippen LogP) is 1.12. The highest BCUT2D eigenvalue weighted by Crippen LogP contribution is 2.20. The van der Waals surface area contributed by atoms with Crippen LogP contribution in [0.1, 0.15) is 18.0 Å². The number of pyridine rings is 1. The van der Waals surface area contributed by atoms with E-state index in [9.17, 15) is 0 Å². The molecule has 52 valence electrons. The van der Waals surface area contributed by atoms with Crippen molar-refractivity contribution in [3.63, 3.8) is 0 Å². The zero-order valence-electron chi connectivity index (χ0n) is 5.75. The summed E-state index contributed by atoms with van der Waals surface area (Å²) in [6.45, 7) is 1.16. The maximum Gasteiger partial charge on any atom is 0.0333 e. The van der Waals surface area contributed by atoms with Gasteiger partial charge in [0.1, 0.15) is 0 Å². The van der Waals surface area contributed by atoms with Gasteiger partial charge in [0.15, 0.2) is 0 Å². The summed E-state index contributed by atoms with van der Waals surface area (Å²) in [7, 11) is 0. The SMILES string of the molecule is c1cc(C2CCN2)ccn1. The average molecular weight is 134 g/mol. The van der Waals surface area contributed by atoms with Crippen LogP contribution in [-0.4, -0.2) is 11.5 Å². The van der Waals surface area contributed by atoms with E-state index in [-0.39, 0.29) is 0 Å². The van der Waals surface area contributed by atoms with E-state index in [1.165, 1.54) is 12.0 Å². The van der Waals surface area contributed by atoms with Gasteiger partial charge in [-0.2, -0.15) is 0 Å². The van der Waals surface area contributed by atoms with Crippen molar-refractivity contribution in [1.82, 2.24) is 10.3 Å². The van der Waals surface area contributed by atoms with Crippen molar-refractivity contribution in [2.45, 2.75) is 12.5 Å². The van der Waals surface area contributed by atoms with E-state index < -0.39 is 0 Å². The Morgan fingerprint density at radius 1 is 1.40 bits per heavy atom. The minimum atomic E-state index is 0.600. The second-order valence-electron chi connectivity index (χ2n) is 2.58. The van der Waals surface area contributed by atoms with Gasteiger partial charge in [0, 0.05) is 18.4 Å². The van der Waals surface area contributed by atoms with Gasteiger partial charge in [-0.15, -0.1) is 0 Å². The molecule has 1 aliphatic rings. The summed E-state index contributed by atoms with van der Waals surface area (Å²) in [5.74, 6) is 0. The van der Waals surface area contributed by atoms with Crippen molar-refractivity contribution in [3.8, 4) is 0 Å². The molecule has 2 heteroatoms. The summed E-state index contributed by atoms with van der Waals surface area (Å²) in [6, 6.07) is 4.73. The molecule has 0 bridgehead atoms. The predicted molar refractivity (Wildman–Crippen MR) is 39.6 cm³/mol. The smallest absolute Gasteiger partial charge is 0.0333 e. The molecule has 1 saturated heterocycles. The lowest BCUT2D eigenvalue weighted by atomic mass is 9.99. The summed E-state index contributed by atoms with van der Waals surface area (Å²) >= 11 is 0. The van der Waals surface area contributed by atoms with Crippen molar-refractivity contribution >= 4 is 0 Å². The topological polar surface area (TPSA) is 24.9 Å². The van der Waals surface area contributed by atoms with E-state index in [0.29, 0.717) is 6.04 Å². The molecule has 1 unspecified atom stereocenters. The summed E-state index contributed by atoms with van der Waals surface area (Å²) in [5, 5.41) is 3.33. The van der Waals surface area contributed by atoms with E-state index in [1.807, 2.05) is 12.4 Å². The van der Waals surface area contributed by atoms with Crippen LogP contribution in [0.3, 0.4) is 0 Å². The third-order valence-electron chi connectivity index (χ3n) is 1.93. The normalized spacial score (nSPS) is 23.8. The first kappa shape index (κ1) is 5.86. The summed E-state index contributed by atoms with van der Waals surface area (Å²) < 4.78 is 0. The Balaban J connectivity index is 2.18. The lowest BCUT2D eigenvalue weighted by molar-refractivity contribution is 0.383. The largest absolute Gasteiger partial charge is 0.310 e. The minimum absolute atomic E-state index is 0.600. The standard InChI is InChI=1S/C8H10N2/c1-4-9-5-2-7(1)8-3-6-10-8/h1-2,4-5,8,10H,3,6H2. The highest BCUT2D eigenvalue weighted by atomic mass is 15.0. The van der Waals surface area contributed by atoms with Gasteiger partial charge in [0.2, 0.25) is 0 Å². The third-order valence-corrected chi connectivity index (χ3v) is 1.93. The molecular weight excluding hydrogens is 124 g/mol. The molecule has 10 heavy (non-hydrogen) atoms.